The van der Waals surface area contributed by atoms with Gasteiger partial charge in [0.1, 0.15) is 0 Å². The Morgan fingerprint density at radius 1 is 1.55 bits per heavy atom. The highest BCUT2D eigenvalue weighted by Crippen LogP contribution is 2.42. The first-order chi connectivity index (χ1) is 5.09. The monoisotopic (exact) mass is 168 g/mol. The second-order valence-corrected chi connectivity index (χ2v) is 4.74. The summed E-state index contributed by atoms with van der Waals surface area (Å²) in [5.74, 6) is 0. The second-order valence-electron chi connectivity index (χ2n) is 3.71. The van der Waals surface area contributed by atoms with Crippen molar-refractivity contribution < 1.29 is 0 Å². The van der Waals surface area contributed by atoms with Crippen LogP contribution in [-0.4, -0.2) is 4.98 Å². The number of hydrogen-bond donors (Lipinski definition) is 1. The first-order valence-electron chi connectivity index (χ1n) is 3.85. The van der Waals surface area contributed by atoms with Gasteiger partial charge in [-0.2, -0.15) is 0 Å². The molecular weight excluding hydrogens is 156 g/mol. The maximum atomic E-state index is 5.62. The van der Waals surface area contributed by atoms with Crippen molar-refractivity contribution >= 4 is 16.5 Å². The highest BCUT2D eigenvalue weighted by molar-refractivity contribution is 7.15. The normalized spacial score (nSPS) is 20.2. The quantitative estimate of drug-likeness (QED) is 0.643. The Hall–Kier alpha value is -0.570. The molecule has 0 atom stereocenters. The molecule has 2 N–H and O–H groups in total. The molecule has 0 amide bonds. The van der Waals surface area contributed by atoms with Crippen LogP contribution in [0.1, 0.15) is 30.8 Å². The Labute approximate surface area is 70.5 Å². The maximum Gasteiger partial charge on any atom is 0.180 e. The molecule has 3 heteroatoms. The van der Waals surface area contributed by atoms with E-state index in [1.807, 2.05) is 0 Å². The van der Waals surface area contributed by atoms with Crippen LogP contribution in [0.25, 0.3) is 0 Å². The fourth-order valence-electron chi connectivity index (χ4n) is 1.61. The molecule has 1 aliphatic rings. The lowest BCUT2D eigenvalue weighted by atomic mass is 9.93. The minimum Gasteiger partial charge on any atom is -0.375 e. The second kappa shape index (κ2) is 1.97. The van der Waals surface area contributed by atoms with Gasteiger partial charge in [-0.3, -0.25) is 0 Å². The van der Waals surface area contributed by atoms with Gasteiger partial charge in [0.05, 0.1) is 5.69 Å². The molecular formula is C8H12N2S. The molecule has 0 spiro atoms. The van der Waals surface area contributed by atoms with Gasteiger partial charge in [0, 0.05) is 10.3 Å². The van der Waals surface area contributed by atoms with E-state index >= 15 is 0 Å². The van der Waals surface area contributed by atoms with E-state index in [0.29, 0.717) is 5.41 Å². The van der Waals surface area contributed by atoms with Gasteiger partial charge in [-0.15, -0.1) is 11.3 Å². The molecule has 0 unspecified atom stereocenters. The number of rotatable bonds is 0. The molecule has 0 saturated heterocycles. The molecule has 1 aromatic heterocycles. The zero-order valence-corrected chi connectivity index (χ0v) is 7.66. The van der Waals surface area contributed by atoms with Crippen LogP contribution < -0.4 is 5.73 Å². The molecule has 0 fully saturated rings. The van der Waals surface area contributed by atoms with E-state index in [4.69, 9.17) is 5.73 Å². The van der Waals surface area contributed by atoms with E-state index in [1.165, 1.54) is 17.0 Å². The molecule has 0 aliphatic heterocycles. The number of aryl methyl sites for hydroxylation is 1. The Balaban J connectivity index is 2.54. The number of nitrogens with zero attached hydrogens (tertiary/aromatic N) is 1. The zero-order chi connectivity index (χ0) is 8.06. The molecule has 2 rings (SSSR count). The summed E-state index contributed by atoms with van der Waals surface area (Å²) in [6.45, 7) is 4.52. The van der Waals surface area contributed by atoms with Gasteiger partial charge in [-0.05, 0) is 12.8 Å². The van der Waals surface area contributed by atoms with Crippen molar-refractivity contribution in [1.29, 1.82) is 0 Å². The summed E-state index contributed by atoms with van der Waals surface area (Å²) in [5, 5.41) is 0.725. The summed E-state index contributed by atoms with van der Waals surface area (Å²) in [4.78, 5) is 5.68. The van der Waals surface area contributed by atoms with Crippen LogP contribution >= 0.6 is 11.3 Å². The predicted molar refractivity (Wildman–Crippen MR) is 47.9 cm³/mol. The van der Waals surface area contributed by atoms with Crippen molar-refractivity contribution in [3.05, 3.63) is 10.6 Å². The summed E-state index contributed by atoms with van der Waals surface area (Å²) in [7, 11) is 0. The fraction of sp³-hybridized carbons (Fsp3) is 0.625. The summed E-state index contributed by atoms with van der Waals surface area (Å²) in [6, 6.07) is 0. The highest BCUT2D eigenvalue weighted by atomic mass is 32.1. The largest absolute Gasteiger partial charge is 0.375 e. The van der Waals surface area contributed by atoms with Crippen molar-refractivity contribution in [1.82, 2.24) is 4.98 Å². The minimum atomic E-state index is 0.324. The summed E-state index contributed by atoms with van der Waals surface area (Å²) in [5.41, 5.74) is 7.18. The third-order valence-corrected chi connectivity index (χ3v) is 3.61. The number of fused-ring (bicyclic) bond motifs is 1. The van der Waals surface area contributed by atoms with Crippen molar-refractivity contribution in [2.75, 3.05) is 5.73 Å². The molecule has 11 heavy (non-hydrogen) atoms. The van der Waals surface area contributed by atoms with Gasteiger partial charge in [0.25, 0.3) is 0 Å². The first kappa shape index (κ1) is 7.10. The van der Waals surface area contributed by atoms with E-state index < -0.39 is 0 Å². The lowest BCUT2D eigenvalue weighted by Crippen LogP contribution is -2.09. The zero-order valence-electron chi connectivity index (χ0n) is 6.85. The maximum absolute atomic E-state index is 5.62. The van der Waals surface area contributed by atoms with Crippen molar-refractivity contribution in [3.8, 4) is 0 Å². The Morgan fingerprint density at radius 3 is 2.91 bits per heavy atom. The Bertz CT molecular complexity index is 288. The number of nitrogen functional groups attached to an aromatic ring is 1. The number of thiazole rings is 1. The van der Waals surface area contributed by atoms with Gasteiger partial charge in [0.2, 0.25) is 0 Å². The van der Waals surface area contributed by atoms with Crippen LogP contribution in [-0.2, 0) is 11.8 Å². The van der Waals surface area contributed by atoms with E-state index in [-0.39, 0.29) is 0 Å². The van der Waals surface area contributed by atoms with E-state index in [1.54, 1.807) is 11.3 Å². The predicted octanol–water partition coefficient (Wildman–Crippen LogP) is 1.95. The number of aromatic nitrogens is 1. The number of anilines is 1. The molecule has 1 heterocycles. The molecule has 0 bridgehead atoms. The molecule has 0 aromatic carbocycles. The smallest absolute Gasteiger partial charge is 0.180 e. The van der Waals surface area contributed by atoms with Gasteiger partial charge in [0.15, 0.2) is 5.13 Å². The summed E-state index contributed by atoms with van der Waals surface area (Å²) < 4.78 is 0. The minimum absolute atomic E-state index is 0.324. The first-order valence-corrected chi connectivity index (χ1v) is 4.67. The molecule has 60 valence electrons. The van der Waals surface area contributed by atoms with Crippen LogP contribution in [0.5, 0.6) is 0 Å². The SMILES string of the molecule is CC1(C)CCc2nc(N)sc21. The van der Waals surface area contributed by atoms with Crippen LogP contribution in [0.2, 0.25) is 0 Å². The van der Waals surface area contributed by atoms with Gasteiger partial charge >= 0.3 is 0 Å². The van der Waals surface area contributed by atoms with E-state index in [9.17, 15) is 0 Å². The molecule has 1 aliphatic carbocycles. The lowest BCUT2D eigenvalue weighted by Gasteiger charge is -2.15. The van der Waals surface area contributed by atoms with Gasteiger partial charge in [-0.25, -0.2) is 4.98 Å². The molecule has 0 saturated carbocycles. The van der Waals surface area contributed by atoms with Crippen molar-refractivity contribution in [2.45, 2.75) is 32.1 Å². The number of hydrogen-bond acceptors (Lipinski definition) is 3. The fourth-order valence-corrected chi connectivity index (χ4v) is 2.62. The highest BCUT2D eigenvalue weighted by Gasteiger charge is 2.32. The van der Waals surface area contributed by atoms with Gasteiger partial charge < -0.3 is 5.73 Å². The lowest BCUT2D eigenvalue weighted by molar-refractivity contribution is 0.530. The van der Waals surface area contributed by atoms with Crippen LogP contribution in [0.3, 0.4) is 0 Å². The Morgan fingerprint density at radius 2 is 2.27 bits per heavy atom. The van der Waals surface area contributed by atoms with E-state index in [2.05, 4.69) is 18.8 Å². The summed E-state index contributed by atoms with van der Waals surface area (Å²) in [6.07, 6.45) is 2.33. The number of nitrogens with two attached hydrogens (primary N) is 1. The van der Waals surface area contributed by atoms with Gasteiger partial charge in [-0.1, -0.05) is 13.8 Å². The van der Waals surface area contributed by atoms with Crippen LogP contribution in [0, 0.1) is 0 Å². The third kappa shape index (κ3) is 0.948. The Kier molecular flexibility index (Phi) is 1.27. The van der Waals surface area contributed by atoms with E-state index in [0.717, 1.165) is 11.6 Å². The average molecular weight is 168 g/mol. The topological polar surface area (TPSA) is 38.9 Å². The molecule has 1 aromatic rings. The molecule has 0 radical (unpaired) electrons. The van der Waals surface area contributed by atoms with Crippen molar-refractivity contribution in [3.63, 3.8) is 0 Å². The summed E-state index contributed by atoms with van der Waals surface area (Å²) >= 11 is 1.65. The van der Waals surface area contributed by atoms with Crippen LogP contribution in [0.15, 0.2) is 0 Å². The van der Waals surface area contributed by atoms with Crippen LogP contribution in [0.4, 0.5) is 5.13 Å². The molecule has 2 nitrogen and oxygen atoms in total. The standard InChI is InChI=1S/C8H12N2S/c1-8(2)4-3-5-6(8)11-7(9)10-5/h3-4H2,1-2H3,(H2,9,10). The van der Waals surface area contributed by atoms with Crippen molar-refractivity contribution in [2.24, 2.45) is 0 Å². The third-order valence-electron chi connectivity index (χ3n) is 2.32. The average Bonchev–Trinajstić information content (AvgIpc) is 2.35.